The molecule has 22 heavy (non-hydrogen) atoms. The lowest BCUT2D eigenvalue weighted by molar-refractivity contribution is -0.138. The maximum absolute atomic E-state index is 12.8. The number of hydrogen-bond donors (Lipinski definition) is 0. The summed E-state index contributed by atoms with van der Waals surface area (Å²) in [6.07, 6.45) is -7.06. The fourth-order valence-electron chi connectivity index (χ4n) is 1.98. The largest absolute Gasteiger partial charge is 0.416 e. The van der Waals surface area contributed by atoms with Gasteiger partial charge in [-0.25, -0.2) is 0 Å². The van der Waals surface area contributed by atoms with E-state index in [4.69, 9.17) is 0 Å². The smallest absolute Gasteiger partial charge is 0.166 e. The standard InChI is InChI=1S/C16H10F6/c17-15(18,19)13-7-3-1-5-11(13)9-10-12-6-2-4-8-14(12)16(20,21)22/h1-10H. The fraction of sp³-hybridized carbons (Fsp3) is 0.125. The van der Waals surface area contributed by atoms with Crippen LogP contribution in [0.2, 0.25) is 0 Å². The van der Waals surface area contributed by atoms with Gasteiger partial charge in [-0.3, -0.25) is 0 Å². The Morgan fingerprint density at radius 1 is 0.545 bits per heavy atom. The van der Waals surface area contributed by atoms with Crippen LogP contribution in [0.1, 0.15) is 22.3 Å². The highest BCUT2D eigenvalue weighted by Crippen LogP contribution is 2.34. The maximum Gasteiger partial charge on any atom is 0.416 e. The van der Waals surface area contributed by atoms with Crippen molar-refractivity contribution in [1.82, 2.24) is 0 Å². The molecule has 0 saturated carbocycles. The van der Waals surface area contributed by atoms with Crippen LogP contribution in [0.3, 0.4) is 0 Å². The third-order valence-electron chi connectivity index (χ3n) is 2.97. The Labute approximate surface area is 122 Å². The molecule has 0 aliphatic heterocycles. The van der Waals surface area contributed by atoms with E-state index in [1.54, 1.807) is 0 Å². The van der Waals surface area contributed by atoms with Gasteiger partial charge in [0.2, 0.25) is 0 Å². The molecular weight excluding hydrogens is 306 g/mol. The van der Waals surface area contributed by atoms with Crippen molar-refractivity contribution in [1.29, 1.82) is 0 Å². The molecule has 0 N–H and O–H groups in total. The van der Waals surface area contributed by atoms with Crippen molar-refractivity contribution in [2.75, 3.05) is 0 Å². The third-order valence-corrected chi connectivity index (χ3v) is 2.97. The monoisotopic (exact) mass is 316 g/mol. The van der Waals surface area contributed by atoms with Gasteiger partial charge in [0.25, 0.3) is 0 Å². The Hall–Kier alpha value is -2.24. The van der Waals surface area contributed by atoms with Crippen LogP contribution in [0, 0.1) is 0 Å². The highest BCUT2D eigenvalue weighted by Gasteiger charge is 2.33. The second kappa shape index (κ2) is 5.87. The Morgan fingerprint density at radius 3 is 1.18 bits per heavy atom. The van der Waals surface area contributed by atoms with Crippen molar-refractivity contribution in [2.45, 2.75) is 12.4 Å². The van der Waals surface area contributed by atoms with Crippen molar-refractivity contribution in [3.05, 3.63) is 70.8 Å². The van der Waals surface area contributed by atoms with Gasteiger partial charge in [0.1, 0.15) is 0 Å². The van der Waals surface area contributed by atoms with Gasteiger partial charge in [-0.15, -0.1) is 0 Å². The van der Waals surface area contributed by atoms with Crippen LogP contribution in [0.5, 0.6) is 0 Å². The maximum atomic E-state index is 12.8. The van der Waals surface area contributed by atoms with Crippen molar-refractivity contribution in [2.24, 2.45) is 0 Å². The predicted molar refractivity (Wildman–Crippen MR) is 71.8 cm³/mol. The first-order chi connectivity index (χ1) is 10.2. The van der Waals surface area contributed by atoms with Gasteiger partial charge in [0, 0.05) is 0 Å². The van der Waals surface area contributed by atoms with E-state index in [1.807, 2.05) is 0 Å². The molecule has 0 nitrogen and oxygen atoms in total. The van der Waals surface area contributed by atoms with Gasteiger partial charge in [0.05, 0.1) is 11.1 Å². The molecule has 0 aliphatic carbocycles. The van der Waals surface area contributed by atoms with Crippen LogP contribution in [0.15, 0.2) is 48.5 Å². The van der Waals surface area contributed by atoms with E-state index in [1.165, 1.54) is 36.4 Å². The lowest BCUT2D eigenvalue weighted by Gasteiger charge is -2.11. The zero-order valence-electron chi connectivity index (χ0n) is 11.0. The normalized spacial score (nSPS) is 12.8. The van der Waals surface area contributed by atoms with Crippen LogP contribution >= 0.6 is 0 Å². The summed E-state index contributed by atoms with van der Waals surface area (Å²) in [5, 5.41) is 0. The number of rotatable bonds is 2. The van der Waals surface area contributed by atoms with Crippen LogP contribution in [-0.2, 0) is 12.4 Å². The molecule has 0 amide bonds. The first-order valence-electron chi connectivity index (χ1n) is 6.20. The second-order valence-electron chi connectivity index (χ2n) is 4.50. The topological polar surface area (TPSA) is 0 Å². The van der Waals surface area contributed by atoms with E-state index in [-0.39, 0.29) is 11.1 Å². The van der Waals surface area contributed by atoms with E-state index in [0.29, 0.717) is 0 Å². The third kappa shape index (κ3) is 3.69. The summed E-state index contributed by atoms with van der Waals surface area (Å²) in [7, 11) is 0. The molecule has 0 heterocycles. The van der Waals surface area contributed by atoms with Crippen LogP contribution < -0.4 is 0 Å². The fourth-order valence-corrected chi connectivity index (χ4v) is 1.98. The first-order valence-corrected chi connectivity index (χ1v) is 6.20. The van der Waals surface area contributed by atoms with Gasteiger partial charge in [0.15, 0.2) is 0 Å². The highest BCUT2D eigenvalue weighted by atomic mass is 19.4. The molecule has 2 aromatic rings. The minimum absolute atomic E-state index is 0.188. The van der Waals surface area contributed by atoms with Crippen LogP contribution in [-0.4, -0.2) is 0 Å². The lowest BCUT2D eigenvalue weighted by atomic mass is 10.0. The summed E-state index contributed by atoms with van der Waals surface area (Å²) in [6.45, 7) is 0. The molecule has 2 rings (SSSR count). The van der Waals surface area contributed by atoms with Crippen molar-refractivity contribution < 1.29 is 26.3 Å². The number of alkyl halides is 6. The minimum atomic E-state index is -4.57. The zero-order valence-corrected chi connectivity index (χ0v) is 11.0. The van der Waals surface area contributed by atoms with Gasteiger partial charge < -0.3 is 0 Å². The Morgan fingerprint density at radius 2 is 0.864 bits per heavy atom. The average Bonchev–Trinajstić information content (AvgIpc) is 2.44. The predicted octanol–water partition coefficient (Wildman–Crippen LogP) is 5.89. The molecule has 0 unspecified atom stereocenters. The van der Waals surface area contributed by atoms with E-state index >= 15 is 0 Å². The van der Waals surface area contributed by atoms with Gasteiger partial charge in [-0.1, -0.05) is 48.6 Å². The summed E-state index contributed by atoms with van der Waals surface area (Å²) in [5.74, 6) is 0. The number of benzene rings is 2. The minimum Gasteiger partial charge on any atom is -0.166 e. The second-order valence-corrected chi connectivity index (χ2v) is 4.50. The summed E-state index contributed by atoms with van der Waals surface area (Å²) in [6, 6.07) is 9.42. The molecule has 116 valence electrons. The van der Waals surface area contributed by atoms with Crippen molar-refractivity contribution in [3.63, 3.8) is 0 Å². The van der Waals surface area contributed by atoms with Crippen LogP contribution in [0.25, 0.3) is 12.2 Å². The highest BCUT2D eigenvalue weighted by molar-refractivity contribution is 5.73. The molecule has 0 fully saturated rings. The summed E-state index contributed by atoms with van der Waals surface area (Å²) >= 11 is 0. The molecular formula is C16H10F6. The van der Waals surface area contributed by atoms with E-state index in [0.717, 1.165) is 24.3 Å². The number of hydrogen-bond acceptors (Lipinski definition) is 0. The molecule has 6 heteroatoms. The van der Waals surface area contributed by atoms with Crippen molar-refractivity contribution in [3.8, 4) is 0 Å². The summed E-state index contributed by atoms with van der Waals surface area (Å²) < 4.78 is 77.0. The SMILES string of the molecule is FC(F)(F)c1ccccc1C=Cc1ccccc1C(F)(F)F. The Kier molecular flexibility index (Phi) is 4.30. The van der Waals surface area contributed by atoms with E-state index in [2.05, 4.69) is 0 Å². The van der Waals surface area contributed by atoms with Gasteiger partial charge in [-0.2, -0.15) is 26.3 Å². The molecule has 2 aromatic carbocycles. The van der Waals surface area contributed by atoms with E-state index < -0.39 is 23.5 Å². The first kappa shape index (κ1) is 16.1. The summed E-state index contributed by atoms with van der Waals surface area (Å²) in [4.78, 5) is 0. The molecule has 0 atom stereocenters. The molecule has 0 radical (unpaired) electrons. The van der Waals surface area contributed by atoms with Gasteiger partial charge >= 0.3 is 12.4 Å². The zero-order chi connectivity index (χ0) is 16.4. The number of halogens is 6. The Balaban J connectivity index is 2.43. The molecule has 0 aromatic heterocycles. The van der Waals surface area contributed by atoms with Crippen molar-refractivity contribution >= 4 is 12.2 Å². The van der Waals surface area contributed by atoms with E-state index in [9.17, 15) is 26.3 Å². The lowest BCUT2D eigenvalue weighted by Crippen LogP contribution is -2.07. The molecule has 0 spiro atoms. The molecule has 0 aliphatic rings. The van der Waals surface area contributed by atoms with Gasteiger partial charge in [-0.05, 0) is 23.3 Å². The quantitative estimate of drug-likeness (QED) is 0.478. The molecule has 0 saturated heterocycles. The Bertz CT molecular complexity index is 620. The molecule has 0 bridgehead atoms. The summed E-state index contributed by atoms with van der Waals surface area (Å²) in [5.41, 5.74) is -2.16. The van der Waals surface area contributed by atoms with Crippen LogP contribution in [0.4, 0.5) is 26.3 Å². The average molecular weight is 316 g/mol.